The Kier molecular flexibility index (Phi) is 6.33. The highest BCUT2D eigenvalue weighted by Gasteiger charge is 2.51. The average molecular weight is 426 g/mol. The van der Waals surface area contributed by atoms with Crippen molar-refractivity contribution in [2.45, 2.75) is 89.9 Å². The molecule has 1 amide bonds. The summed E-state index contributed by atoms with van der Waals surface area (Å²) in [6.07, 6.45) is 12.2. The second kappa shape index (κ2) is 8.71. The third-order valence-electron chi connectivity index (χ3n) is 8.79. The molecule has 2 unspecified atom stereocenters. The maximum absolute atomic E-state index is 11.8. The van der Waals surface area contributed by atoms with Gasteiger partial charge in [-0.25, -0.2) is 0 Å². The maximum Gasteiger partial charge on any atom is 0.246 e. The molecule has 7 atom stereocenters. The molecule has 3 aliphatic carbocycles. The van der Waals surface area contributed by atoms with E-state index in [1.54, 1.807) is 0 Å². The molecule has 1 heterocycles. The summed E-state index contributed by atoms with van der Waals surface area (Å²) in [6, 6.07) is 0.246. The van der Waals surface area contributed by atoms with Crippen molar-refractivity contribution in [3.63, 3.8) is 0 Å². The lowest BCUT2D eigenvalue weighted by atomic mass is 9.60. The van der Waals surface area contributed by atoms with E-state index in [-0.39, 0.29) is 11.9 Å². The molecule has 4 nitrogen and oxygen atoms in total. The van der Waals surface area contributed by atoms with E-state index >= 15 is 0 Å². The summed E-state index contributed by atoms with van der Waals surface area (Å²) >= 11 is 0. The minimum atomic E-state index is -0.631. The number of allylic oxidation sites excluding steroid dienone is 3. The van der Waals surface area contributed by atoms with Crippen molar-refractivity contribution in [3.8, 4) is 0 Å². The lowest BCUT2D eigenvalue weighted by Gasteiger charge is -2.44. The summed E-state index contributed by atoms with van der Waals surface area (Å²) in [6.45, 7) is 12.8. The van der Waals surface area contributed by atoms with Gasteiger partial charge < -0.3 is 15.5 Å². The molecule has 0 radical (unpaired) electrons. The first-order valence-corrected chi connectivity index (χ1v) is 12.1. The number of rotatable bonds is 4. The van der Waals surface area contributed by atoms with Crippen LogP contribution in [-0.2, 0) is 4.79 Å². The van der Waals surface area contributed by atoms with Gasteiger partial charge in [0.05, 0.1) is 12.2 Å². The highest BCUT2D eigenvalue weighted by Crippen LogP contribution is 2.60. The molecular weight excluding hydrogens is 386 g/mol. The minimum absolute atomic E-state index is 0.0307. The molecule has 0 spiro atoms. The fraction of sp³-hybridized carbons (Fsp3) is 0.667. The standard InChI is InChI=1S/C27H39NO3/c1-16(12-21-13-17(2)26(31)28-21)23-9-10-24-19(6-5-11-27(23,24)4)7-8-20-14-22(29)15-25(30)18(20)3/h7-8,16,21-25,29-30H,2-3,5-6,9-15H2,1,4H3,(H,28,31)/t16-,21?,22-,23-,24?,25+,27-/m1/s1. The third-order valence-corrected chi connectivity index (χ3v) is 8.79. The van der Waals surface area contributed by atoms with Crippen LogP contribution in [0.4, 0.5) is 0 Å². The largest absolute Gasteiger partial charge is 0.393 e. The molecular formula is C27H39NO3. The van der Waals surface area contributed by atoms with Crippen LogP contribution in [0.25, 0.3) is 0 Å². The minimum Gasteiger partial charge on any atom is -0.393 e. The number of aliphatic hydroxyl groups is 2. The van der Waals surface area contributed by atoms with E-state index in [4.69, 9.17) is 0 Å². The molecule has 31 heavy (non-hydrogen) atoms. The highest BCUT2D eigenvalue weighted by molar-refractivity contribution is 5.95. The molecule has 1 aliphatic heterocycles. The van der Waals surface area contributed by atoms with Crippen molar-refractivity contribution in [1.82, 2.24) is 5.32 Å². The third kappa shape index (κ3) is 4.34. The van der Waals surface area contributed by atoms with Crippen molar-refractivity contribution in [2.75, 3.05) is 0 Å². The summed E-state index contributed by atoms with van der Waals surface area (Å²) in [7, 11) is 0. The monoisotopic (exact) mass is 425 g/mol. The number of hydrogen-bond donors (Lipinski definition) is 3. The van der Waals surface area contributed by atoms with E-state index in [1.807, 2.05) is 0 Å². The zero-order valence-corrected chi connectivity index (χ0v) is 19.2. The lowest BCUT2D eigenvalue weighted by Crippen LogP contribution is -2.38. The van der Waals surface area contributed by atoms with E-state index in [0.717, 1.165) is 36.0 Å². The average Bonchev–Trinajstić information content (AvgIpc) is 3.22. The van der Waals surface area contributed by atoms with Gasteiger partial charge in [-0.1, -0.05) is 44.7 Å². The Hall–Kier alpha value is -1.65. The molecule has 3 saturated carbocycles. The summed E-state index contributed by atoms with van der Waals surface area (Å²) < 4.78 is 0. The van der Waals surface area contributed by atoms with Crippen LogP contribution in [0.1, 0.15) is 71.6 Å². The molecule has 4 fully saturated rings. The predicted molar refractivity (Wildman–Crippen MR) is 124 cm³/mol. The van der Waals surface area contributed by atoms with Crippen LogP contribution in [0.2, 0.25) is 0 Å². The van der Waals surface area contributed by atoms with Gasteiger partial charge in [-0.2, -0.15) is 0 Å². The van der Waals surface area contributed by atoms with Gasteiger partial charge in [-0.15, -0.1) is 0 Å². The Morgan fingerprint density at radius 3 is 2.71 bits per heavy atom. The SMILES string of the molecule is C=C1CC(C[C@@H](C)[C@H]2CCC3C(=CC=C4C[C@@H](O)C[C@H](O)C4=C)CCC[C@@]32C)NC1=O. The molecule has 1 saturated heterocycles. The normalized spacial score (nSPS) is 42.2. The Labute approximate surface area is 187 Å². The predicted octanol–water partition coefficient (Wildman–Crippen LogP) is 4.60. The van der Waals surface area contributed by atoms with Gasteiger partial charge in [0, 0.05) is 18.0 Å². The summed E-state index contributed by atoms with van der Waals surface area (Å²) in [5.41, 5.74) is 4.32. The smallest absolute Gasteiger partial charge is 0.246 e. The summed E-state index contributed by atoms with van der Waals surface area (Å²) in [5.74, 6) is 1.88. The molecule has 0 aromatic heterocycles. The molecule has 4 aliphatic rings. The number of carbonyl (C=O) groups is 1. The van der Waals surface area contributed by atoms with Gasteiger partial charge >= 0.3 is 0 Å². The Morgan fingerprint density at radius 2 is 2.00 bits per heavy atom. The number of fused-ring (bicyclic) bond motifs is 1. The first-order valence-electron chi connectivity index (χ1n) is 12.1. The lowest BCUT2D eigenvalue weighted by molar-refractivity contribution is -0.116. The van der Waals surface area contributed by atoms with Crippen LogP contribution in [0.15, 0.2) is 47.6 Å². The van der Waals surface area contributed by atoms with Gasteiger partial charge in [0.15, 0.2) is 0 Å². The second-order valence-corrected chi connectivity index (χ2v) is 10.9. The van der Waals surface area contributed by atoms with E-state index in [0.29, 0.717) is 36.0 Å². The van der Waals surface area contributed by atoms with Gasteiger partial charge in [0.2, 0.25) is 5.91 Å². The number of amides is 1. The van der Waals surface area contributed by atoms with Crippen LogP contribution in [0.5, 0.6) is 0 Å². The quantitative estimate of drug-likeness (QED) is 0.577. The fourth-order valence-corrected chi connectivity index (χ4v) is 7.16. The Bertz CT molecular complexity index is 808. The zero-order chi connectivity index (χ0) is 22.3. The molecule has 0 aromatic carbocycles. The van der Waals surface area contributed by atoms with E-state index < -0.39 is 12.2 Å². The van der Waals surface area contributed by atoms with Crippen LogP contribution < -0.4 is 5.32 Å². The molecule has 3 N–H and O–H groups in total. The maximum atomic E-state index is 11.8. The number of nitrogens with one attached hydrogen (secondary N) is 1. The second-order valence-electron chi connectivity index (χ2n) is 10.9. The molecule has 170 valence electrons. The van der Waals surface area contributed by atoms with Crippen molar-refractivity contribution < 1.29 is 15.0 Å². The fourth-order valence-electron chi connectivity index (χ4n) is 7.16. The van der Waals surface area contributed by atoms with Crippen LogP contribution in [0, 0.1) is 23.2 Å². The molecule has 4 heteroatoms. The van der Waals surface area contributed by atoms with Crippen molar-refractivity contribution in [3.05, 3.63) is 47.6 Å². The van der Waals surface area contributed by atoms with Gasteiger partial charge in [0.25, 0.3) is 0 Å². The summed E-state index contributed by atoms with van der Waals surface area (Å²) in [4.78, 5) is 11.8. The van der Waals surface area contributed by atoms with Gasteiger partial charge in [-0.05, 0) is 85.7 Å². The van der Waals surface area contributed by atoms with E-state index in [9.17, 15) is 15.0 Å². The van der Waals surface area contributed by atoms with E-state index in [2.05, 4.69) is 44.5 Å². The van der Waals surface area contributed by atoms with Gasteiger partial charge in [0.1, 0.15) is 0 Å². The first kappa shape index (κ1) is 22.5. The number of aliphatic hydroxyl groups excluding tert-OH is 2. The highest BCUT2D eigenvalue weighted by atomic mass is 16.3. The first-order chi connectivity index (χ1) is 14.7. The van der Waals surface area contributed by atoms with Crippen LogP contribution in [-0.4, -0.2) is 34.4 Å². The Morgan fingerprint density at radius 1 is 1.23 bits per heavy atom. The van der Waals surface area contributed by atoms with Gasteiger partial charge in [-0.3, -0.25) is 4.79 Å². The number of hydrogen-bond acceptors (Lipinski definition) is 3. The zero-order valence-electron chi connectivity index (χ0n) is 19.2. The molecule has 4 rings (SSSR count). The Balaban J connectivity index is 1.48. The van der Waals surface area contributed by atoms with Crippen molar-refractivity contribution in [1.29, 1.82) is 0 Å². The number of carbonyl (C=O) groups excluding carboxylic acids is 1. The van der Waals surface area contributed by atoms with Crippen molar-refractivity contribution in [2.24, 2.45) is 23.2 Å². The van der Waals surface area contributed by atoms with Crippen LogP contribution in [0.3, 0.4) is 0 Å². The van der Waals surface area contributed by atoms with E-state index in [1.165, 1.54) is 31.3 Å². The summed E-state index contributed by atoms with van der Waals surface area (Å²) in [5, 5.41) is 23.3. The van der Waals surface area contributed by atoms with Crippen molar-refractivity contribution >= 4 is 5.91 Å². The molecule has 0 aromatic rings. The molecule has 0 bridgehead atoms. The topological polar surface area (TPSA) is 69.6 Å². The van der Waals surface area contributed by atoms with Crippen LogP contribution >= 0.6 is 0 Å².